The van der Waals surface area contributed by atoms with Crippen LogP contribution < -0.4 is 4.90 Å². The number of hydrogen-bond donors (Lipinski definition) is 0. The number of fused-ring (bicyclic) bond motifs is 9. The Morgan fingerprint density at radius 2 is 0.942 bits per heavy atom. The molecule has 0 radical (unpaired) electrons. The van der Waals surface area contributed by atoms with E-state index in [1.165, 1.54) is 21.9 Å². The fourth-order valence-electron chi connectivity index (χ4n) is 8.13. The van der Waals surface area contributed by atoms with Crippen LogP contribution in [0.25, 0.3) is 82.5 Å². The first-order chi connectivity index (χ1) is 25.8. The third-order valence-corrected chi connectivity index (χ3v) is 10.4. The predicted octanol–water partition coefficient (Wildman–Crippen LogP) is 13.7. The van der Waals surface area contributed by atoms with Gasteiger partial charge in [0.15, 0.2) is 0 Å². The minimum Gasteiger partial charge on any atom is -0.456 e. The Morgan fingerprint density at radius 1 is 0.365 bits per heavy atom. The van der Waals surface area contributed by atoms with Crippen molar-refractivity contribution >= 4 is 82.7 Å². The van der Waals surface area contributed by atoms with E-state index in [9.17, 15) is 0 Å². The maximum atomic E-state index is 6.58. The molecule has 0 N–H and O–H groups in total. The lowest BCUT2D eigenvalue weighted by molar-refractivity contribution is 0.668. The van der Waals surface area contributed by atoms with Crippen LogP contribution in [0.4, 0.5) is 17.1 Å². The maximum Gasteiger partial charge on any atom is 0.138 e. The van der Waals surface area contributed by atoms with Gasteiger partial charge in [0.1, 0.15) is 22.3 Å². The van der Waals surface area contributed by atoms with E-state index in [4.69, 9.17) is 8.83 Å². The summed E-state index contributed by atoms with van der Waals surface area (Å²) in [6, 6.07) is 64.2. The van der Waals surface area contributed by atoms with Crippen LogP contribution in [0.2, 0.25) is 0 Å². The number of furan rings is 2. The van der Waals surface area contributed by atoms with Gasteiger partial charge in [-0.2, -0.15) is 0 Å². The van der Waals surface area contributed by atoms with Crippen molar-refractivity contribution in [3.05, 3.63) is 182 Å². The highest BCUT2D eigenvalue weighted by Crippen LogP contribution is 2.46. The number of para-hydroxylation sites is 4. The molecule has 0 atom stereocenters. The molecule has 8 aromatic carbocycles. The van der Waals surface area contributed by atoms with E-state index in [0.717, 1.165) is 77.7 Å². The van der Waals surface area contributed by atoms with Crippen molar-refractivity contribution in [2.45, 2.75) is 0 Å². The van der Waals surface area contributed by atoms with Crippen LogP contribution in [0.3, 0.4) is 0 Å². The summed E-state index contributed by atoms with van der Waals surface area (Å²) in [7, 11) is 0. The van der Waals surface area contributed by atoms with Crippen molar-refractivity contribution in [3.8, 4) is 16.8 Å². The standard InChI is InChI=1S/C48H30N2O2/c1-3-13-31(14-4-1)46-47-37-18-7-10-20-40(37)50(41(47)30-45-48(46)38-19-9-12-22-43(38)52-45)34-25-23-33(24-26-34)49(32-15-5-2-6-16-32)35-27-28-44-39(29-35)36-17-8-11-21-42(36)51-44/h1-30H. The molecule has 0 aliphatic heterocycles. The summed E-state index contributed by atoms with van der Waals surface area (Å²) in [5.41, 5.74) is 12.5. The first-order valence-electron chi connectivity index (χ1n) is 17.6. The monoisotopic (exact) mass is 666 g/mol. The zero-order valence-electron chi connectivity index (χ0n) is 28.0. The molecule has 11 rings (SSSR count). The van der Waals surface area contributed by atoms with E-state index >= 15 is 0 Å². The molecule has 3 heterocycles. The average Bonchev–Trinajstić information content (AvgIpc) is 3.87. The number of rotatable bonds is 5. The molecule has 0 bridgehead atoms. The van der Waals surface area contributed by atoms with Crippen molar-refractivity contribution in [1.29, 1.82) is 0 Å². The van der Waals surface area contributed by atoms with Gasteiger partial charge in [-0.15, -0.1) is 0 Å². The quantitative estimate of drug-likeness (QED) is 0.183. The number of hydrogen-bond acceptors (Lipinski definition) is 3. The molecule has 3 aromatic heterocycles. The largest absolute Gasteiger partial charge is 0.456 e. The van der Waals surface area contributed by atoms with Gasteiger partial charge in [0.05, 0.1) is 11.0 Å². The van der Waals surface area contributed by atoms with Crippen molar-refractivity contribution in [2.75, 3.05) is 4.90 Å². The van der Waals surface area contributed by atoms with Crippen LogP contribution in [0.5, 0.6) is 0 Å². The third-order valence-electron chi connectivity index (χ3n) is 10.4. The summed E-state index contributed by atoms with van der Waals surface area (Å²) in [5, 5.41) is 6.91. The van der Waals surface area contributed by atoms with E-state index < -0.39 is 0 Å². The van der Waals surface area contributed by atoms with Crippen LogP contribution in [-0.4, -0.2) is 4.57 Å². The molecular formula is C48H30N2O2. The summed E-state index contributed by atoms with van der Waals surface area (Å²) in [6.07, 6.45) is 0. The summed E-state index contributed by atoms with van der Waals surface area (Å²) in [4.78, 5) is 2.31. The Balaban J connectivity index is 1.13. The van der Waals surface area contributed by atoms with E-state index in [2.05, 4.69) is 173 Å². The Hall–Kier alpha value is -7.04. The van der Waals surface area contributed by atoms with Gasteiger partial charge in [0.25, 0.3) is 0 Å². The third kappa shape index (κ3) is 4.28. The predicted molar refractivity (Wildman–Crippen MR) is 215 cm³/mol. The van der Waals surface area contributed by atoms with Gasteiger partial charge in [-0.1, -0.05) is 103 Å². The lowest BCUT2D eigenvalue weighted by atomic mass is 9.94. The number of anilines is 3. The number of nitrogens with zero attached hydrogens (tertiary/aromatic N) is 2. The van der Waals surface area contributed by atoms with E-state index in [1.807, 2.05) is 18.2 Å². The molecule has 0 unspecified atom stereocenters. The van der Waals surface area contributed by atoms with Gasteiger partial charge in [0, 0.05) is 66.7 Å². The molecule has 0 amide bonds. The zero-order valence-corrected chi connectivity index (χ0v) is 28.0. The minimum atomic E-state index is 0.880. The smallest absolute Gasteiger partial charge is 0.138 e. The van der Waals surface area contributed by atoms with Crippen molar-refractivity contribution in [2.24, 2.45) is 0 Å². The summed E-state index contributed by atoms with van der Waals surface area (Å²) in [6.45, 7) is 0. The topological polar surface area (TPSA) is 34.5 Å². The van der Waals surface area contributed by atoms with Crippen LogP contribution in [0.1, 0.15) is 0 Å². The first-order valence-corrected chi connectivity index (χ1v) is 17.6. The lowest BCUT2D eigenvalue weighted by Crippen LogP contribution is -2.09. The molecule has 52 heavy (non-hydrogen) atoms. The second-order valence-corrected chi connectivity index (χ2v) is 13.3. The summed E-state index contributed by atoms with van der Waals surface area (Å²) >= 11 is 0. The molecule has 4 heteroatoms. The Labute approximate surface area is 299 Å². The van der Waals surface area contributed by atoms with Gasteiger partial charge >= 0.3 is 0 Å². The molecule has 244 valence electrons. The van der Waals surface area contributed by atoms with E-state index in [-0.39, 0.29) is 0 Å². The highest BCUT2D eigenvalue weighted by atomic mass is 16.3. The molecule has 0 saturated carbocycles. The molecule has 0 spiro atoms. The fraction of sp³-hybridized carbons (Fsp3) is 0. The Kier molecular flexibility index (Phi) is 6.22. The maximum absolute atomic E-state index is 6.58. The van der Waals surface area contributed by atoms with Crippen LogP contribution in [-0.2, 0) is 0 Å². The second kappa shape index (κ2) is 11.2. The highest BCUT2D eigenvalue weighted by Gasteiger charge is 2.23. The zero-order chi connectivity index (χ0) is 34.2. The molecule has 0 aliphatic carbocycles. The lowest BCUT2D eigenvalue weighted by Gasteiger charge is -2.26. The van der Waals surface area contributed by atoms with Gasteiger partial charge in [0.2, 0.25) is 0 Å². The molecule has 11 aromatic rings. The van der Waals surface area contributed by atoms with Gasteiger partial charge in [-0.3, -0.25) is 0 Å². The van der Waals surface area contributed by atoms with Crippen LogP contribution in [0.15, 0.2) is 191 Å². The van der Waals surface area contributed by atoms with Crippen LogP contribution >= 0.6 is 0 Å². The fourth-order valence-corrected chi connectivity index (χ4v) is 8.13. The highest BCUT2D eigenvalue weighted by molar-refractivity contribution is 6.27. The number of aromatic nitrogens is 1. The summed E-state index contributed by atoms with van der Waals surface area (Å²) < 4.78 is 15.1. The average molecular weight is 667 g/mol. The molecule has 0 fully saturated rings. The molecule has 0 aliphatic rings. The van der Waals surface area contributed by atoms with Crippen molar-refractivity contribution in [1.82, 2.24) is 4.57 Å². The Morgan fingerprint density at radius 3 is 1.73 bits per heavy atom. The SMILES string of the molecule is c1ccc(-c2c3c(cc4c2c2ccccc2n4-c2ccc(N(c4ccccc4)c4ccc5oc6ccccc6c5c4)cc2)oc2ccccc23)cc1. The van der Waals surface area contributed by atoms with E-state index in [0.29, 0.717) is 0 Å². The van der Waals surface area contributed by atoms with E-state index in [1.54, 1.807) is 0 Å². The Bertz CT molecular complexity index is 3110. The first kappa shape index (κ1) is 28.8. The number of benzene rings is 8. The van der Waals surface area contributed by atoms with Crippen molar-refractivity contribution < 1.29 is 8.83 Å². The van der Waals surface area contributed by atoms with Crippen molar-refractivity contribution in [3.63, 3.8) is 0 Å². The van der Waals surface area contributed by atoms with Gasteiger partial charge < -0.3 is 18.3 Å². The normalized spacial score (nSPS) is 11.8. The molecule has 0 saturated heterocycles. The second-order valence-electron chi connectivity index (χ2n) is 13.3. The minimum absolute atomic E-state index is 0.880. The summed E-state index contributed by atoms with van der Waals surface area (Å²) in [5.74, 6) is 0. The molecule has 4 nitrogen and oxygen atoms in total. The van der Waals surface area contributed by atoms with Gasteiger partial charge in [-0.05, 0) is 78.4 Å². The molecular weight excluding hydrogens is 637 g/mol. The van der Waals surface area contributed by atoms with Gasteiger partial charge in [-0.25, -0.2) is 0 Å². The van der Waals surface area contributed by atoms with Crippen LogP contribution in [0, 0.1) is 0 Å².